The SMILES string of the molecule is c1ccc(-c2cccc(-c3nc(-c4cccc5c4Oc4ccccc4C54c5ccccc5-c5ccccc54)c4ccccc4n3)c2)nc1. The molecule has 1 spiro atoms. The minimum atomic E-state index is -0.546. The van der Waals surface area contributed by atoms with Gasteiger partial charge in [0.25, 0.3) is 0 Å². The third-order valence-electron chi connectivity index (χ3n) is 9.81. The molecule has 0 unspecified atom stereocenters. The van der Waals surface area contributed by atoms with Crippen LogP contribution >= 0.6 is 0 Å². The van der Waals surface area contributed by atoms with E-state index in [1.165, 1.54) is 22.3 Å². The van der Waals surface area contributed by atoms with E-state index < -0.39 is 5.41 Å². The first-order chi connectivity index (χ1) is 23.8. The lowest BCUT2D eigenvalue weighted by atomic mass is 9.65. The lowest BCUT2D eigenvalue weighted by Crippen LogP contribution is -2.32. The number of benzene rings is 6. The number of ether oxygens (including phenoxy) is 1. The molecule has 1 aliphatic heterocycles. The van der Waals surface area contributed by atoms with E-state index in [1.54, 1.807) is 0 Å². The van der Waals surface area contributed by atoms with Gasteiger partial charge in [-0.15, -0.1) is 0 Å². The van der Waals surface area contributed by atoms with Crippen LogP contribution in [0.3, 0.4) is 0 Å². The molecule has 8 aromatic rings. The predicted molar refractivity (Wildman–Crippen MR) is 191 cm³/mol. The summed E-state index contributed by atoms with van der Waals surface area (Å²) in [5.74, 6) is 2.33. The van der Waals surface area contributed by atoms with Gasteiger partial charge in [-0.1, -0.05) is 121 Å². The predicted octanol–water partition coefficient (Wildman–Crippen LogP) is 10.5. The van der Waals surface area contributed by atoms with Gasteiger partial charge in [-0.3, -0.25) is 4.98 Å². The van der Waals surface area contributed by atoms with Crippen molar-refractivity contribution in [1.82, 2.24) is 15.0 Å². The maximum Gasteiger partial charge on any atom is 0.160 e. The van der Waals surface area contributed by atoms with Crippen molar-refractivity contribution in [3.63, 3.8) is 0 Å². The van der Waals surface area contributed by atoms with Crippen LogP contribution in [0.4, 0.5) is 0 Å². The molecule has 48 heavy (non-hydrogen) atoms. The zero-order chi connectivity index (χ0) is 31.7. The van der Waals surface area contributed by atoms with Crippen molar-refractivity contribution in [1.29, 1.82) is 0 Å². The van der Waals surface area contributed by atoms with Gasteiger partial charge in [-0.2, -0.15) is 0 Å². The highest BCUT2D eigenvalue weighted by Crippen LogP contribution is 2.63. The molecular formula is C44H27N3O. The van der Waals surface area contributed by atoms with Crippen molar-refractivity contribution in [3.05, 3.63) is 186 Å². The second-order valence-electron chi connectivity index (χ2n) is 12.3. The van der Waals surface area contributed by atoms with E-state index in [0.717, 1.165) is 61.6 Å². The number of para-hydroxylation sites is 3. The summed E-state index contributed by atoms with van der Waals surface area (Å²) in [7, 11) is 0. The molecule has 2 aromatic heterocycles. The van der Waals surface area contributed by atoms with Crippen molar-refractivity contribution >= 4 is 10.9 Å². The molecule has 0 N–H and O–H groups in total. The Morgan fingerprint density at radius 1 is 0.479 bits per heavy atom. The Labute approximate surface area is 278 Å². The molecule has 4 heteroatoms. The Kier molecular flexibility index (Phi) is 5.75. The van der Waals surface area contributed by atoms with Crippen LogP contribution in [-0.2, 0) is 5.41 Å². The Morgan fingerprint density at radius 3 is 1.94 bits per heavy atom. The molecule has 10 rings (SSSR count). The standard InChI is InChI=1S/C44H27N3O/c1-4-19-34-30(15-1)31-16-2-5-20-35(31)44(34)36-21-6-8-25-40(36)48-42-33(18-12-22-37(42)44)41-32-17-3-7-24-39(32)46-43(47-41)29-14-11-13-28(27-29)38-23-9-10-26-45-38/h1-27H. The number of rotatable bonds is 3. The van der Waals surface area contributed by atoms with Crippen LogP contribution in [0.2, 0.25) is 0 Å². The minimum Gasteiger partial charge on any atom is -0.456 e. The fourth-order valence-electron chi connectivity index (χ4n) is 7.83. The minimum absolute atomic E-state index is 0.546. The molecule has 0 saturated carbocycles. The highest BCUT2D eigenvalue weighted by Gasteiger charge is 2.51. The molecule has 0 saturated heterocycles. The van der Waals surface area contributed by atoms with Gasteiger partial charge in [0.05, 0.1) is 22.3 Å². The maximum absolute atomic E-state index is 6.98. The fraction of sp³-hybridized carbons (Fsp3) is 0.0227. The first kappa shape index (κ1) is 26.8. The molecule has 0 fully saturated rings. The number of aromatic nitrogens is 3. The largest absolute Gasteiger partial charge is 0.456 e. The summed E-state index contributed by atoms with van der Waals surface area (Å²) in [5.41, 5.74) is 12.2. The van der Waals surface area contributed by atoms with Crippen LogP contribution in [-0.4, -0.2) is 15.0 Å². The van der Waals surface area contributed by atoms with E-state index in [1.807, 2.05) is 42.6 Å². The van der Waals surface area contributed by atoms with Crippen molar-refractivity contribution in [2.45, 2.75) is 5.41 Å². The van der Waals surface area contributed by atoms with Gasteiger partial charge < -0.3 is 4.74 Å². The van der Waals surface area contributed by atoms with Gasteiger partial charge >= 0.3 is 0 Å². The number of pyridine rings is 1. The number of nitrogens with zero attached hydrogens (tertiary/aromatic N) is 3. The molecule has 6 aromatic carbocycles. The van der Waals surface area contributed by atoms with Crippen LogP contribution in [0.5, 0.6) is 11.5 Å². The normalized spacial score (nSPS) is 13.3. The van der Waals surface area contributed by atoms with Crippen LogP contribution in [0.1, 0.15) is 22.3 Å². The van der Waals surface area contributed by atoms with Crippen LogP contribution in [0.25, 0.3) is 55.9 Å². The van der Waals surface area contributed by atoms with E-state index >= 15 is 0 Å². The van der Waals surface area contributed by atoms with E-state index in [-0.39, 0.29) is 0 Å². The maximum atomic E-state index is 6.98. The Morgan fingerprint density at radius 2 is 1.12 bits per heavy atom. The first-order valence-electron chi connectivity index (χ1n) is 16.2. The molecule has 0 amide bonds. The van der Waals surface area contributed by atoms with Gasteiger partial charge in [-0.05, 0) is 58.7 Å². The molecular weight excluding hydrogens is 587 g/mol. The van der Waals surface area contributed by atoms with Crippen LogP contribution in [0.15, 0.2) is 164 Å². The van der Waals surface area contributed by atoms with E-state index in [2.05, 4.69) is 126 Å². The average molecular weight is 614 g/mol. The van der Waals surface area contributed by atoms with Gasteiger partial charge in [0.15, 0.2) is 5.82 Å². The Bertz CT molecular complexity index is 2510. The van der Waals surface area contributed by atoms with Crippen molar-refractivity contribution in [2.24, 2.45) is 0 Å². The summed E-state index contributed by atoms with van der Waals surface area (Å²) in [5, 5.41) is 0.972. The Hall–Kier alpha value is -6.39. The average Bonchev–Trinajstić information content (AvgIpc) is 3.45. The van der Waals surface area contributed by atoms with Crippen molar-refractivity contribution < 1.29 is 4.74 Å². The monoisotopic (exact) mass is 613 g/mol. The second-order valence-corrected chi connectivity index (χ2v) is 12.3. The molecule has 0 bridgehead atoms. The lowest BCUT2D eigenvalue weighted by molar-refractivity contribution is 0.438. The third-order valence-corrected chi connectivity index (χ3v) is 9.81. The third kappa shape index (κ3) is 3.74. The number of hydrogen-bond donors (Lipinski definition) is 0. The van der Waals surface area contributed by atoms with Gasteiger partial charge in [0.1, 0.15) is 11.5 Å². The first-order valence-corrected chi connectivity index (χ1v) is 16.2. The second kappa shape index (κ2) is 10.3. The topological polar surface area (TPSA) is 47.9 Å². The zero-order valence-corrected chi connectivity index (χ0v) is 25.8. The highest BCUT2D eigenvalue weighted by molar-refractivity contribution is 5.97. The van der Waals surface area contributed by atoms with E-state index in [9.17, 15) is 0 Å². The van der Waals surface area contributed by atoms with E-state index in [0.29, 0.717) is 5.82 Å². The zero-order valence-electron chi connectivity index (χ0n) is 25.8. The number of fused-ring (bicyclic) bond motifs is 10. The van der Waals surface area contributed by atoms with Gasteiger partial charge in [0, 0.05) is 39.4 Å². The highest BCUT2D eigenvalue weighted by atomic mass is 16.5. The molecule has 1 aliphatic carbocycles. The number of hydrogen-bond acceptors (Lipinski definition) is 4. The smallest absolute Gasteiger partial charge is 0.160 e. The summed E-state index contributed by atoms with van der Waals surface area (Å²) in [6.45, 7) is 0. The molecule has 0 atom stereocenters. The Balaban J connectivity index is 1.25. The summed E-state index contributed by atoms with van der Waals surface area (Å²) in [4.78, 5) is 15.0. The van der Waals surface area contributed by atoms with Crippen molar-refractivity contribution in [2.75, 3.05) is 0 Å². The van der Waals surface area contributed by atoms with Crippen LogP contribution < -0.4 is 4.74 Å². The van der Waals surface area contributed by atoms with Gasteiger partial charge in [-0.25, -0.2) is 9.97 Å². The van der Waals surface area contributed by atoms with Crippen molar-refractivity contribution in [3.8, 4) is 56.5 Å². The lowest BCUT2D eigenvalue weighted by Gasteiger charge is -2.40. The summed E-state index contributed by atoms with van der Waals surface area (Å²) in [6.07, 6.45) is 1.82. The molecule has 3 heterocycles. The summed E-state index contributed by atoms with van der Waals surface area (Å²) >= 11 is 0. The fourth-order valence-corrected chi connectivity index (χ4v) is 7.83. The summed E-state index contributed by atoms with van der Waals surface area (Å²) in [6, 6.07) is 55.1. The van der Waals surface area contributed by atoms with Gasteiger partial charge in [0.2, 0.25) is 0 Å². The van der Waals surface area contributed by atoms with Crippen LogP contribution in [0, 0.1) is 0 Å². The molecule has 4 nitrogen and oxygen atoms in total. The molecule has 0 radical (unpaired) electrons. The molecule has 224 valence electrons. The molecule has 2 aliphatic rings. The van der Waals surface area contributed by atoms with E-state index in [4.69, 9.17) is 14.7 Å². The summed E-state index contributed by atoms with van der Waals surface area (Å²) < 4.78 is 6.98. The quantitative estimate of drug-likeness (QED) is 0.199.